The van der Waals surface area contributed by atoms with Crippen LogP contribution in [0.15, 0.2) is 42.5 Å². The van der Waals surface area contributed by atoms with E-state index in [0.717, 1.165) is 11.6 Å². The van der Waals surface area contributed by atoms with Crippen molar-refractivity contribution in [1.29, 1.82) is 0 Å². The van der Waals surface area contributed by atoms with Gasteiger partial charge in [0.05, 0.1) is 17.3 Å². The Morgan fingerprint density at radius 1 is 1.25 bits per heavy atom. The van der Waals surface area contributed by atoms with E-state index in [0.29, 0.717) is 17.9 Å². The second kappa shape index (κ2) is 6.50. The Hall–Kier alpha value is -1.91. The van der Waals surface area contributed by atoms with Gasteiger partial charge in [-0.05, 0) is 35.9 Å². The molecule has 1 N–H and O–H groups in total. The lowest BCUT2D eigenvalue weighted by atomic mass is 10.1. The molecule has 0 aliphatic carbocycles. The lowest BCUT2D eigenvalue weighted by Gasteiger charge is -2.08. The third kappa shape index (κ3) is 3.56. The van der Waals surface area contributed by atoms with Gasteiger partial charge in [0.25, 0.3) is 5.91 Å². The minimum atomic E-state index is -0.447. The largest absolute Gasteiger partial charge is 0.380 e. The highest BCUT2D eigenvalue weighted by Crippen LogP contribution is 2.23. The summed E-state index contributed by atoms with van der Waals surface area (Å²) in [6, 6.07) is 10.8. The molecule has 0 bridgehead atoms. The molecule has 0 aliphatic heterocycles. The fourth-order valence-corrected chi connectivity index (χ4v) is 1.92. The van der Waals surface area contributed by atoms with Crippen molar-refractivity contribution in [2.75, 3.05) is 12.4 Å². The average molecular weight is 294 g/mol. The predicted octanol–water partition coefficient (Wildman–Crippen LogP) is 3.88. The lowest BCUT2D eigenvalue weighted by Crippen LogP contribution is -2.12. The molecule has 1 amide bonds. The molecule has 2 aromatic carbocycles. The third-order valence-electron chi connectivity index (χ3n) is 2.71. The number of methoxy groups -OCH3 is 1. The smallest absolute Gasteiger partial charge is 0.255 e. The zero-order valence-electron chi connectivity index (χ0n) is 10.8. The van der Waals surface area contributed by atoms with E-state index >= 15 is 0 Å². The molecule has 0 radical (unpaired) electrons. The molecule has 2 rings (SSSR count). The van der Waals surface area contributed by atoms with Gasteiger partial charge in [0.2, 0.25) is 0 Å². The number of anilines is 1. The van der Waals surface area contributed by atoms with Crippen molar-refractivity contribution in [3.05, 3.63) is 64.4 Å². The summed E-state index contributed by atoms with van der Waals surface area (Å²) in [7, 11) is 1.61. The minimum Gasteiger partial charge on any atom is -0.380 e. The molecule has 0 heterocycles. The minimum absolute atomic E-state index is 0.161. The van der Waals surface area contributed by atoms with Gasteiger partial charge in [-0.1, -0.05) is 23.7 Å². The number of nitrogens with one attached hydrogen (secondary N) is 1. The first kappa shape index (κ1) is 14.5. The SMILES string of the molecule is COCc1ccc(C(=O)Nc2ccc(F)cc2Cl)cc1. The van der Waals surface area contributed by atoms with Gasteiger partial charge in [0, 0.05) is 12.7 Å². The zero-order chi connectivity index (χ0) is 14.5. The Labute approximate surface area is 121 Å². The van der Waals surface area contributed by atoms with Crippen molar-refractivity contribution < 1.29 is 13.9 Å². The molecule has 5 heteroatoms. The summed E-state index contributed by atoms with van der Waals surface area (Å²) in [5.74, 6) is -0.751. The fraction of sp³-hybridized carbons (Fsp3) is 0.133. The Kier molecular flexibility index (Phi) is 4.71. The predicted molar refractivity (Wildman–Crippen MR) is 76.5 cm³/mol. The summed E-state index contributed by atoms with van der Waals surface area (Å²) in [4.78, 5) is 12.0. The van der Waals surface area contributed by atoms with Gasteiger partial charge in [0.1, 0.15) is 5.82 Å². The van der Waals surface area contributed by atoms with E-state index in [-0.39, 0.29) is 10.9 Å². The van der Waals surface area contributed by atoms with E-state index in [1.54, 1.807) is 19.2 Å². The van der Waals surface area contributed by atoms with Gasteiger partial charge in [-0.3, -0.25) is 4.79 Å². The fourth-order valence-electron chi connectivity index (χ4n) is 1.70. The topological polar surface area (TPSA) is 38.3 Å². The van der Waals surface area contributed by atoms with Crippen LogP contribution in [0.4, 0.5) is 10.1 Å². The lowest BCUT2D eigenvalue weighted by molar-refractivity contribution is 0.102. The molecular formula is C15H13ClFNO2. The van der Waals surface area contributed by atoms with E-state index in [9.17, 15) is 9.18 Å². The monoisotopic (exact) mass is 293 g/mol. The summed E-state index contributed by atoms with van der Waals surface area (Å²) in [6.45, 7) is 0.492. The first-order valence-corrected chi connectivity index (χ1v) is 6.32. The zero-order valence-corrected chi connectivity index (χ0v) is 11.6. The molecule has 104 valence electrons. The molecular weight excluding hydrogens is 281 g/mol. The summed E-state index contributed by atoms with van der Waals surface area (Å²) in [6.07, 6.45) is 0. The van der Waals surface area contributed by atoms with Gasteiger partial charge in [0.15, 0.2) is 0 Å². The Balaban J connectivity index is 2.11. The summed E-state index contributed by atoms with van der Waals surface area (Å²) < 4.78 is 17.9. The van der Waals surface area contributed by atoms with Crippen LogP contribution in [0.2, 0.25) is 5.02 Å². The van der Waals surface area contributed by atoms with Crippen molar-refractivity contribution in [2.45, 2.75) is 6.61 Å². The van der Waals surface area contributed by atoms with Crippen LogP contribution in [0.25, 0.3) is 0 Å². The van der Waals surface area contributed by atoms with Crippen LogP contribution < -0.4 is 5.32 Å². The van der Waals surface area contributed by atoms with Crippen LogP contribution in [-0.4, -0.2) is 13.0 Å². The average Bonchev–Trinajstić information content (AvgIpc) is 2.43. The highest BCUT2D eigenvalue weighted by atomic mass is 35.5. The quantitative estimate of drug-likeness (QED) is 0.929. The van der Waals surface area contributed by atoms with Crippen molar-refractivity contribution in [3.63, 3.8) is 0 Å². The molecule has 20 heavy (non-hydrogen) atoms. The maximum Gasteiger partial charge on any atom is 0.255 e. The van der Waals surface area contributed by atoms with E-state index in [4.69, 9.17) is 16.3 Å². The Bertz CT molecular complexity index is 614. The summed E-state index contributed by atoms with van der Waals surface area (Å²) >= 11 is 5.86. The normalized spacial score (nSPS) is 10.3. The maximum atomic E-state index is 12.9. The van der Waals surface area contributed by atoms with Gasteiger partial charge in [-0.25, -0.2) is 4.39 Å². The molecule has 0 atom stereocenters. The molecule has 0 fully saturated rings. The number of ether oxygens (including phenoxy) is 1. The van der Waals surface area contributed by atoms with Crippen LogP contribution in [-0.2, 0) is 11.3 Å². The number of carbonyl (C=O) groups is 1. The van der Waals surface area contributed by atoms with Gasteiger partial charge in [-0.15, -0.1) is 0 Å². The highest BCUT2D eigenvalue weighted by Gasteiger charge is 2.09. The second-order valence-electron chi connectivity index (χ2n) is 4.21. The van der Waals surface area contributed by atoms with Crippen LogP contribution >= 0.6 is 11.6 Å². The van der Waals surface area contributed by atoms with Crippen molar-refractivity contribution >= 4 is 23.2 Å². The maximum absolute atomic E-state index is 12.9. The molecule has 0 saturated heterocycles. The van der Waals surface area contributed by atoms with Crippen LogP contribution in [0.5, 0.6) is 0 Å². The van der Waals surface area contributed by atoms with Crippen molar-refractivity contribution in [3.8, 4) is 0 Å². The molecule has 0 saturated carbocycles. The number of benzene rings is 2. The summed E-state index contributed by atoms with van der Waals surface area (Å²) in [5, 5.41) is 2.80. The number of halogens is 2. The van der Waals surface area contributed by atoms with Crippen LogP contribution in [0.1, 0.15) is 15.9 Å². The molecule has 0 aromatic heterocycles. The second-order valence-corrected chi connectivity index (χ2v) is 4.62. The van der Waals surface area contributed by atoms with E-state index in [1.807, 2.05) is 12.1 Å². The molecule has 0 spiro atoms. The first-order valence-electron chi connectivity index (χ1n) is 5.94. The van der Waals surface area contributed by atoms with Gasteiger partial charge in [-0.2, -0.15) is 0 Å². The highest BCUT2D eigenvalue weighted by molar-refractivity contribution is 6.33. The first-order chi connectivity index (χ1) is 9.60. The van der Waals surface area contributed by atoms with Crippen LogP contribution in [0, 0.1) is 5.82 Å². The van der Waals surface area contributed by atoms with E-state index in [2.05, 4.69) is 5.32 Å². The number of hydrogen-bond acceptors (Lipinski definition) is 2. The van der Waals surface area contributed by atoms with Crippen molar-refractivity contribution in [1.82, 2.24) is 0 Å². The molecule has 2 aromatic rings. The van der Waals surface area contributed by atoms with Crippen molar-refractivity contribution in [2.24, 2.45) is 0 Å². The molecule has 0 unspecified atom stereocenters. The number of carbonyl (C=O) groups excluding carboxylic acids is 1. The molecule has 0 aliphatic rings. The van der Waals surface area contributed by atoms with E-state index < -0.39 is 5.82 Å². The van der Waals surface area contributed by atoms with Gasteiger partial charge < -0.3 is 10.1 Å². The van der Waals surface area contributed by atoms with Crippen LogP contribution in [0.3, 0.4) is 0 Å². The molecule has 3 nitrogen and oxygen atoms in total. The van der Waals surface area contributed by atoms with Gasteiger partial charge >= 0.3 is 0 Å². The summed E-state index contributed by atoms with van der Waals surface area (Å²) in [5.41, 5.74) is 1.84. The Morgan fingerprint density at radius 3 is 2.55 bits per heavy atom. The number of amides is 1. The number of hydrogen-bond donors (Lipinski definition) is 1. The Morgan fingerprint density at radius 2 is 1.95 bits per heavy atom. The standard InChI is InChI=1S/C15H13ClFNO2/c1-20-9-10-2-4-11(5-3-10)15(19)18-14-7-6-12(17)8-13(14)16/h2-8H,9H2,1H3,(H,18,19). The number of rotatable bonds is 4. The third-order valence-corrected chi connectivity index (χ3v) is 3.02. The van der Waals surface area contributed by atoms with E-state index in [1.165, 1.54) is 12.1 Å².